The van der Waals surface area contributed by atoms with Gasteiger partial charge >= 0.3 is 0 Å². The largest absolute Gasteiger partial charge is 0.449 e. The van der Waals surface area contributed by atoms with Crippen molar-refractivity contribution in [3.8, 4) is 0 Å². The summed E-state index contributed by atoms with van der Waals surface area (Å²) in [6.45, 7) is 0.547. The third kappa shape index (κ3) is 2.57. The molecule has 0 spiro atoms. The maximum absolute atomic E-state index is 12.2. The fourth-order valence-electron chi connectivity index (χ4n) is 2.72. The monoisotopic (exact) mass is 305 g/mol. The zero-order valence-corrected chi connectivity index (χ0v) is 12.4. The zero-order valence-electron chi connectivity index (χ0n) is 12.4. The van der Waals surface area contributed by atoms with Crippen LogP contribution in [0.3, 0.4) is 0 Å². The average Bonchev–Trinajstić information content (AvgIpc) is 3.19. The predicted octanol–water partition coefficient (Wildman–Crippen LogP) is 3.28. The summed E-state index contributed by atoms with van der Waals surface area (Å²) in [4.78, 5) is 19.6. The molecular formula is C18H15N3O2. The van der Waals surface area contributed by atoms with E-state index < -0.39 is 0 Å². The van der Waals surface area contributed by atoms with Gasteiger partial charge in [-0.05, 0) is 30.2 Å². The lowest BCUT2D eigenvalue weighted by Gasteiger charge is -2.02. The molecule has 0 saturated heterocycles. The number of rotatable bonds is 4. The number of carbonyl (C=O) groups excluding carboxylic acids is 1. The van der Waals surface area contributed by atoms with E-state index in [2.05, 4.69) is 21.4 Å². The van der Waals surface area contributed by atoms with Crippen molar-refractivity contribution in [2.24, 2.45) is 0 Å². The van der Waals surface area contributed by atoms with Crippen molar-refractivity contribution in [3.63, 3.8) is 0 Å². The quantitative estimate of drug-likeness (QED) is 0.608. The van der Waals surface area contributed by atoms with Gasteiger partial charge in [0.15, 0.2) is 11.3 Å². The normalized spacial score (nSPS) is 11.1. The highest BCUT2D eigenvalue weighted by Crippen LogP contribution is 2.18. The molecule has 1 aromatic carbocycles. The van der Waals surface area contributed by atoms with E-state index in [1.54, 1.807) is 24.4 Å². The number of pyridine rings is 1. The molecule has 0 aliphatic heterocycles. The SMILES string of the molecule is O=C(NCCc1c[nH]c2ccccc12)c1cc2ncccc2o1. The lowest BCUT2D eigenvalue weighted by molar-refractivity contribution is 0.0928. The summed E-state index contributed by atoms with van der Waals surface area (Å²) < 4.78 is 5.51. The second-order valence-electron chi connectivity index (χ2n) is 5.36. The van der Waals surface area contributed by atoms with Crippen LogP contribution in [0.5, 0.6) is 0 Å². The second-order valence-corrected chi connectivity index (χ2v) is 5.36. The molecule has 0 aliphatic carbocycles. The van der Waals surface area contributed by atoms with Crippen molar-refractivity contribution in [3.05, 3.63) is 66.2 Å². The van der Waals surface area contributed by atoms with Gasteiger partial charge in [-0.3, -0.25) is 9.78 Å². The van der Waals surface area contributed by atoms with Crippen molar-refractivity contribution in [2.75, 3.05) is 6.54 Å². The van der Waals surface area contributed by atoms with Crippen LogP contribution in [0, 0.1) is 0 Å². The Hall–Kier alpha value is -3.08. The molecular weight excluding hydrogens is 290 g/mol. The number of furan rings is 1. The lowest BCUT2D eigenvalue weighted by Crippen LogP contribution is -2.25. The molecule has 5 nitrogen and oxygen atoms in total. The van der Waals surface area contributed by atoms with E-state index in [9.17, 15) is 4.79 Å². The summed E-state index contributed by atoms with van der Waals surface area (Å²) >= 11 is 0. The number of amides is 1. The highest BCUT2D eigenvalue weighted by molar-refractivity contribution is 5.95. The number of H-pyrrole nitrogens is 1. The number of hydrogen-bond donors (Lipinski definition) is 2. The summed E-state index contributed by atoms with van der Waals surface area (Å²) in [6.07, 6.45) is 4.42. The molecule has 0 fully saturated rings. The number of nitrogens with zero attached hydrogens (tertiary/aromatic N) is 1. The molecule has 0 aliphatic rings. The number of fused-ring (bicyclic) bond motifs is 2. The van der Waals surface area contributed by atoms with E-state index in [1.165, 1.54) is 10.9 Å². The standard InChI is InChI=1S/C18H15N3O2/c22-18(17-10-15-16(23-17)6-3-8-19-15)20-9-7-12-11-21-14-5-2-1-4-13(12)14/h1-6,8,10-11,21H,7,9H2,(H,20,22). The Morgan fingerprint density at radius 2 is 2.13 bits per heavy atom. The molecule has 0 unspecified atom stereocenters. The zero-order chi connectivity index (χ0) is 15.6. The van der Waals surface area contributed by atoms with E-state index in [1.807, 2.05) is 24.4 Å². The molecule has 0 saturated carbocycles. The van der Waals surface area contributed by atoms with Gasteiger partial charge in [-0.15, -0.1) is 0 Å². The molecule has 0 bridgehead atoms. The van der Waals surface area contributed by atoms with Gasteiger partial charge in [-0.1, -0.05) is 18.2 Å². The first-order chi connectivity index (χ1) is 11.3. The molecule has 23 heavy (non-hydrogen) atoms. The van der Waals surface area contributed by atoms with Gasteiger partial charge in [-0.25, -0.2) is 0 Å². The first-order valence-corrected chi connectivity index (χ1v) is 7.49. The van der Waals surface area contributed by atoms with Gasteiger partial charge in [0, 0.05) is 35.9 Å². The molecule has 1 amide bonds. The number of aromatic nitrogens is 2. The van der Waals surface area contributed by atoms with Crippen LogP contribution in [0.1, 0.15) is 16.1 Å². The third-order valence-corrected chi connectivity index (χ3v) is 3.87. The van der Waals surface area contributed by atoms with Gasteiger partial charge in [-0.2, -0.15) is 0 Å². The molecule has 4 aromatic rings. The average molecular weight is 305 g/mol. The Balaban J connectivity index is 1.43. The van der Waals surface area contributed by atoms with E-state index >= 15 is 0 Å². The van der Waals surface area contributed by atoms with E-state index in [0.29, 0.717) is 17.6 Å². The van der Waals surface area contributed by atoms with E-state index in [0.717, 1.165) is 11.9 Å². The minimum atomic E-state index is -0.220. The first-order valence-electron chi connectivity index (χ1n) is 7.49. The summed E-state index contributed by atoms with van der Waals surface area (Å²) in [5, 5.41) is 4.08. The Morgan fingerprint density at radius 1 is 1.22 bits per heavy atom. The maximum atomic E-state index is 12.2. The van der Waals surface area contributed by atoms with Crippen LogP contribution >= 0.6 is 0 Å². The highest BCUT2D eigenvalue weighted by atomic mass is 16.3. The van der Waals surface area contributed by atoms with Crippen LogP contribution in [0.25, 0.3) is 22.0 Å². The fraction of sp³-hybridized carbons (Fsp3) is 0.111. The Labute approximate surface area is 132 Å². The van der Waals surface area contributed by atoms with E-state index in [4.69, 9.17) is 4.42 Å². The van der Waals surface area contributed by atoms with Crippen molar-refractivity contribution < 1.29 is 9.21 Å². The maximum Gasteiger partial charge on any atom is 0.287 e. The van der Waals surface area contributed by atoms with Crippen molar-refractivity contribution in [2.45, 2.75) is 6.42 Å². The van der Waals surface area contributed by atoms with Crippen LogP contribution in [0.15, 0.2) is 59.3 Å². The number of para-hydroxylation sites is 1. The second kappa shape index (κ2) is 5.61. The lowest BCUT2D eigenvalue weighted by atomic mass is 10.1. The van der Waals surface area contributed by atoms with Crippen molar-refractivity contribution >= 4 is 27.9 Å². The van der Waals surface area contributed by atoms with Crippen molar-refractivity contribution in [1.29, 1.82) is 0 Å². The van der Waals surface area contributed by atoms with Crippen LogP contribution in [-0.4, -0.2) is 22.4 Å². The molecule has 4 rings (SSSR count). The molecule has 5 heteroatoms. The molecule has 114 valence electrons. The van der Waals surface area contributed by atoms with Gasteiger partial charge in [0.1, 0.15) is 5.52 Å². The first kappa shape index (κ1) is 13.6. The molecule has 0 atom stereocenters. The third-order valence-electron chi connectivity index (χ3n) is 3.87. The fourth-order valence-corrected chi connectivity index (χ4v) is 2.72. The number of nitrogens with one attached hydrogen (secondary N) is 2. The molecule has 3 aromatic heterocycles. The van der Waals surface area contributed by atoms with Gasteiger partial charge < -0.3 is 14.7 Å². The topological polar surface area (TPSA) is 70.9 Å². The minimum absolute atomic E-state index is 0.220. The number of benzene rings is 1. The van der Waals surface area contributed by atoms with Crippen LogP contribution < -0.4 is 5.32 Å². The predicted molar refractivity (Wildman–Crippen MR) is 88.3 cm³/mol. The Kier molecular flexibility index (Phi) is 3.31. The van der Waals surface area contributed by atoms with Crippen LogP contribution in [-0.2, 0) is 6.42 Å². The van der Waals surface area contributed by atoms with Crippen LogP contribution in [0.2, 0.25) is 0 Å². The van der Waals surface area contributed by atoms with Crippen molar-refractivity contribution in [1.82, 2.24) is 15.3 Å². The number of hydrogen-bond acceptors (Lipinski definition) is 3. The minimum Gasteiger partial charge on any atom is -0.449 e. The smallest absolute Gasteiger partial charge is 0.287 e. The molecule has 0 radical (unpaired) electrons. The van der Waals surface area contributed by atoms with Gasteiger partial charge in [0.05, 0.1) is 0 Å². The summed E-state index contributed by atoms with van der Waals surface area (Å²) in [5.74, 6) is 0.0699. The summed E-state index contributed by atoms with van der Waals surface area (Å²) in [7, 11) is 0. The van der Waals surface area contributed by atoms with Crippen LogP contribution in [0.4, 0.5) is 0 Å². The summed E-state index contributed by atoms with van der Waals surface area (Å²) in [5.41, 5.74) is 3.60. The number of carbonyl (C=O) groups is 1. The Bertz CT molecular complexity index is 951. The highest BCUT2D eigenvalue weighted by Gasteiger charge is 2.12. The molecule has 2 N–H and O–H groups in total. The van der Waals surface area contributed by atoms with E-state index in [-0.39, 0.29) is 11.7 Å². The molecule has 3 heterocycles. The number of aromatic amines is 1. The Morgan fingerprint density at radius 3 is 3.04 bits per heavy atom. The summed E-state index contributed by atoms with van der Waals surface area (Å²) in [6, 6.07) is 13.4. The van der Waals surface area contributed by atoms with Gasteiger partial charge in [0.2, 0.25) is 0 Å². The van der Waals surface area contributed by atoms with Gasteiger partial charge in [0.25, 0.3) is 5.91 Å².